The van der Waals surface area contributed by atoms with Gasteiger partial charge in [-0.1, -0.05) is 0 Å². The van der Waals surface area contributed by atoms with Crippen LogP contribution in [0.2, 0.25) is 0 Å². The fourth-order valence-corrected chi connectivity index (χ4v) is 4.47. The molecule has 152 valence electrons. The number of anilines is 1. The van der Waals surface area contributed by atoms with Crippen molar-refractivity contribution in [2.45, 2.75) is 30.9 Å². The molecule has 0 aromatic carbocycles. The van der Waals surface area contributed by atoms with Crippen molar-refractivity contribution in [3.63, 3.8) is 0 Å². The minimum atomic E-state index is -4.70. The molecular weight excluding hydrogens is 405 g/mol. The number of ether oxygens (including phenoxy) is 1. The largest absolute Gasteiger partial charge is 0.522 e. The standard InChI is InChI=1S/C19H17F3N4O2S/c1-24-8-11-4-10(9-25-17(11)23)13-2-3-15-14(26-13)5-16(29-15)18(27)6-12(7-18)28-19(20,21)22/h2-5,8-9,12,27H,6-7H2,1H3,(H2,23,25). The zero-order chi connectivity index (χ0) is 20.8. The van der Waals surface area contributed by atoms with E-state index >= 15 is 0 Å². The first-order valence-electron chi connectivity index (χ1n) is 8.73. The average molecular weight is 422 g/mol. The van der Waals surface area contributed by atoms with Gasteiger partial charge in [-0.3, -0.25) is 9.73 Å². The van der Waals surface area contributed by atoms with E-state index in [0.717, 1.165) is 10.3 Å². The monoisotopic (exact) mass is 422 g/mol. The third kappa shape index (κ3) is 3.96. The Morgan fingerprint density at radius 3 is 2.79 bits per heavy atom. The normalized spacial score (nSPS) is 22.3. The van der Waals surface area contributed by atoms with Gasteiger partial charge in [-0.2, -0.15) is 0 Å². The molecule has 0 radical (unpaired) electrons. The number of alkyl halides is 3. The van der Waals surface area contributed by atoms with Gasteiger partial charge in [-0.25, -0.2) is 9.97 Å². The summed E-state index contributed by atoms with van der Waals surface area (Å²) >= 11 is 1.31. The number of aliphatic hydroxyl groups is 1. The molecule has 0 aliphatic heterocycles. The number of rotatable bonds is 4. The van der Waals surface area contributed by atoms with E-state index in [1.807, 2.05) is 18.2 Å². The van der Waals surface area contributed by atoms with E-state index in [9.17, 15) is 18.3 Å². The number of hydrogen-bond acceptors (Lipinski definition) is 7. The van der Waals surface area contributed by atoms with Crippen LogP contribution < -0.4 is 5.73 Å². The van der Waals surface area contributed by atoms with Crippen LogP contribution in [0.25, 0.3) is 21.5 Å². The van der Waals surface area contributed by atoms with E-state index < -0.39 is 18.1 Å². The third-order valence-electron chi connectivity index (χ3n) is 4.78. The third-order valence-corrected chi connectivity index (χ3v) is 6.06. The molecule has 0 spiro atoms. The number of hydrogen-bond donors (Lipinski definition) is 2. The van der Waals surface area contributed by atoms with Crippen molar-refractivity contribution in [2.75, 3.05) is 12.8 Å². The summed E-state index contributed by atoms with van der Waals surface area (Å²) in [6.07, 6.45) is -2.72. The molecule has 3 aromatic heterocycles. The molecule has 3 heterocycles. The van der Waals surface area contributed by atoms with Gasteiger partial charge in [0, 0.05) is 48.3 Å². The molecule has 1 fully saturated rings. The lowest BCUT2D eigenvalue weighted by atomic mass is 9.76. The lowest BCUT2D eigenvalue weighted by Crippen LogP contribution is -2.47. The number of nitrogen functional groups attached to an aromatic ring is 1. The van der Waals surface area contributed by atoms with E-state index in [0.29, 0.717) is 27.5 Å². The summed E-state index contributed by atoms with van der Waals surface area (Å²) in [4.78, 5) is 13.3. The van der Waals surface area contributed by atoms with E-state index in [1.165, 1.54) is 11.3 Å². The van der Waals surface area contributed by atoms with Crippen molar-refractivity contribution >= 4 is 33.6 Å². The van der Waals surface area contributed by atoms with E-state index in [-0.39, 0.29) is 12.8 Å². The van der Waals surface area contributed by atoms with Gasteiger partial charge in [0.05, 0.1) is 22.0 Å². The maximum Gasteiger partial charge on any atom is 0.522 e. The van der Waals surface area contributed by atoms with E-state index in [2.05, 4.69) is 19.7 Å². The molecule has 0 amide bonds. The predicted octanol–water partition coefficient (Wildman–Crippen LogP) is 3.88. The second-order valence-electron chi connectivity index (χ2n) is 6.90. The lowest BCUT2D eigenvalue weighted by molar-refractivity contribution is -0.364. The van der Waals surface area contributed by atoms with Gasteiger partial charge < -0.3 is 10.8 Å². The van der Waals surface area contributed by atoms with Crippen LogP contribution in [0, 0.1) is 0 Å². The zero-order valence-electron chi connectivity index (χ0n) is 15.3. The number of aliphatic imine (C=N–C) groups is 1. The Balaban J connectivity index is 1.60. The summed E-state index contributed by atoms with van der Waals surface area (Å²) in [7, 11) is 1.64. The maximum absolute atomic E-state index is 12.3. The summed E-state index contributed by atoms with van der Waals surface area (Å²) < 4.78 is 41.8. The Bertz CT molecular complexity index is 1090. The van der Waals surface area contributed by atoms with Crippen molar-refractivity contribution in [3.05, 3.63) is 40.9 Å². The molecule has 1 saturated carbocycles. The van der Waals surface area contributed by atoms with E-state index in [1.54, 1.807) is 25.5 Å². The van der Waals surface area contributed by atoms with Gasteiger partial charge in [-0.15, -0.1) is 24.5 Å². The van der Waals surface area contributed by atoms with Crippen LogP contribution in [0.5, 0.6) is 0 Å². The predicted molar refractivity (Wildman–Crippen MR) is 105 cm³/mol. The number of thiophene rings is 1. The molecule has 29 heavy (non-hydrogen) atoms. The second kappa shape index (κ2) is 7.05. The zero-order valence-corrected chi connectivity index (χ0v) is 16.1. The number of fused-ring (bicyclic) bond motifs is 1. The first-order chi connectivity index (χ1) is 13.7. The molecular formula is C19H17F3N4O2S. The van der Waals surface area contributed by atoms with Crippen LogP contribution in [0.4, 0.5) is 19.0 Å². The summed E-state index contributed by atoms with van der Waals surface area (Å²) in [5.41, 5.74) is 7.26. The van der Waals surface area contributed by atoms with E-state index in [4.69, 9.17) is 5.73 Å². The molecule has 0 saturated heterocycles. The van der Waals surface area contributed by atoms with Crippen molar-refractivity contribution in [1.29, 1.82) is 0 Å². The molecule has 1 aliphatic rings. The highest BCUT2D eigenvalue weighted by molar-refractivity contribution is 7.19. The molecule has 3 N–H and O–H groups in total. The van der Waals surface area contributed by atoms with Crippen LogP contribution in [0.15, 0.2) is 35.5 Å². The second-order valence-corrected chi connectivity index (χ2v) is 7.99. The van der Waals surface area contributed by atoms with Crippen molar-refractivity contribution < 1.29 is 23.0 Å². The molecule has 1 aliphatic carbocycles. The molecule has 6 nitrogen and oxygen atoms in total. The number of halogens is 3. The molecule has 10 heteroatoms. The highest BCUT2D eigenvalue weighted by atomic mass is 32.1. The van der Waals surface area contributed by atoms with Gasteiger partial charge in [0.25, 0.3) is 0 Å². The molecule has 3 aromatic rings. The van der Waals surface area contributed by atoms with Crippen LogP contribution in [-0.2, 0) is 10.3 Å². The number of nitrogens with two attached hydrogens (primary N) is 1. The summed E-state index contributed by atoms with van der Waals surface area (Å²) in [5, 5.41) is 10.7. The van der Waals surface area contributed by atoms with Crippen LogP contribution in [-0.4, -0.2) is 40.8 Å². The molecule has 0 atom stereocenters. The molecule has 0 unspecified atom stereocenters. The van der Waals surface area contributed by atoms with Crippen molar-refractivity contribution in [1.82, 2.24) is 9.97 Å². The van der Waals surface area contributed by atoms with Crippen LogP contribution >= 0.6 is 11.3 Å². The smallest absolute Gasteiger partial charge is 0.384 e. The fourth-order valence-electron chi connectivity index (χ4n) is 3.36. The van der Waals surface area contributed by atoms with Crippen molar-refractivity contribution in [3.8, 4) is 11.3 Å². The molecule has 0 bridgehead atoms. The Morgan fingerprint density at radius 2 is 2.10 bits per heavy atom. The summed E-state index contributed by atoms with van der Waals surface area (Å²) in [6.45, 7) is 0. The minimum Gasteiger partial charge on any atom is -0.384 e. The summed E-state index contributed by atoms with van der Waals surface area (Å²) in [6, 6.07) is 7.23. The van der Waals surface area contributed by atoms with Gasteiger partial charge >= 0.3 is 6.36 Å². The highest BCUT2D eigenvalue weighted by Gasteiger charge is 2.50. The van der Waals surface area contributed by atoms with Gasteiger partial charge in [-0.05, 0) is 24.3 Å². The lowest BCUT2D eigenvalue weighted by Gasteiger charge is -2.42. The van der Waals surface area contributed by atoms with Crippen LogP contribution in [0.3, 0.4) is 0 Å². The topological polar surface area (TPSA) is 93.6 Å². The first-order valence-corrected chi connectivity index (χ1v) is 9.54. The highest BCUT2D eigenvalue weighted by Crippen LogP contribution is 2.48. The number of aromatic nitrogens is 2. The van der Waals surface area contributed by atoms with Crippen LogP contribution in [0.1, 0.15) is 23.3 Å². The van der Waals surface area contributed by atoms with Gasteiger partial charge in [0.2, 0.25) is 0 Å². The number of pyridine rings is 2. The maximum atomic E-state index is 12.3. The van der Waals surface area contributed by atoms with Crippen molar-refractivity contribution in [2.24, 2.45) is 4.99 Å². The van der Waals surface area contributed by atoms with Gasteiger partial charge in [0.15, 0.2) is 0 Å². The number of nitrogens with zero attached hydrogens (tertiary/aromatic N) is 3. The SMILES string of the molecule is CN=Cc1cc(-c2ccc3sc(C4(O)CC(OC(F)(F)F)C4)cc3n2)cnc1N. The Morgan fingerprint density at radius 1 is 1.34 bits per heavy atom. The Kier molecular flexibility index (Phi) is 4.80. The quantitative estimate of drug-likeness (QED) is 0.623. The minimum absolute atomic E-state index is 0.103. The summed E-state index contributed by atoms with van der Waals surface area (Å²) in [5.74, 6) is 0.362. The molecule has 4 rings (SSSR count). The fraction of sp³-hybridized carbons (Fsp3) is 0.316. The van der Waals surface area contributed by atoms with Gasteiger partial charge in [0.1, 0.15) is 11.4 Å². The average Bonchev–Trinajstić information content (AvgIpc) is 3.05. The Hall–Kier alpha value is -2.56. The first kappa shape index (κ1) is 19.7. The Labute approximate surface area is 167 Å².